The Balaban J connectivity index is 2.36. The first kappa shape index (κ1) is 14.7. The van der Waals surface area contributed by atoms with Crippen LogP contribution >= 0.6 is 0 Å². The summed E-state index contributed by atoms with van der Waals surface area (Å²) in [7, 11) is 0. The highest BCUT2D eigenvalue weighted by Gasteiger charge is 2.04. The second kappa shape index (κ2) is 7.84. The van der Waals surface area contributed by atoms with Gasteiger partial charge in [0.25, 0.3) is 0 Å². The zero-order valence-electron chi connectivity index (χ0n) is 11.2. The average Bonchev–Trinajstić information content (AvgIpc) is 2.35. The second-order valence-electron chi connectivity index (χ2n) is 4.31. The molecule has 0 fully saturated rings. The van der Waals surface area contributed by atoms with Crippen molar-refractivity contribution in [1.29, 1.82) is 0 Å². The summed E-state index contributed by atoms with van der Waals surface area (Å²) in [4.78, 5) is 11.0. The molecular weight excluding hydrogens is 228 g/mol. The Hall–Kier alpha value is -1.39. The van der Waals surface area contributed by atoms with Crippen LogP contribution in [0.15, 0.2) is 18.2 Å². The van der Waals surface area contributed by atoms with E-state index in [-0.39, 0.29) is 0 Å². The van der Waals surface area contributed by atoms with Crippen molar-refractivity contribution >= 4 is 5.91 Å². The van der Waals surface area contributed by atoms with E-state index in [0.29, 0.717) is 18.8 Å². The van der Waals surface area contributed by atoms with Gasteiger partial charge in [0, 0.05) is 12.1 Å². The van der Waals surface area contributed by atoms with Gasteiger partial charge >= 0.3 is 0 Å². The molecule has 0 bridgehead atoms. The van der Waals surface area contributed by atoms with E-state index in [1.54, 1.807) is 12.1 Å². The lowest BCUT2D eigenvalue weighted by atomic mass is 10.1. The molecule has 0 atom stereocenters. The van der Waals surface area contributed by atoms with E-state index in [4.69, 9.17) is 10.5 Å². The molecule has 1 amide bonds. The second-order valence-corrected chi connectivity index (χ2v) is 4.31. The van der Waals surface area contributed by atoms with E-state index in [1.165, 1.54) is 0 Å². The lowest BCUT2D eigenvalue weighted by molar-refractivity contribution is 0.0999. The molecule has 0 aromatic heterocycles. The van der Waals surface area contributed by atoms with Crippen LogP contribution in [0.4, 0.5) is 0 Å². The summed E-state index contributed by atoms with van der Waals surface area (Å²) < 4.78 is 5.57. The summed E-state index contributed by atoms with van der Waals surface area (Å²) in [6.45, 7) is 7.25. The van der Waals surface area contributed by atoms with Crippen LogP contribution in [0.5, 0.6) is 0 Å². The lowest BCUT2D eigenvalue weighted by Gasteiger charge is -2.09. The van der Waals surface area contributed by atoms with Gasteiger partial charge in [-0.15, -0.1) is 0 Å². The Morgan fingerprint density at radius 1 is 1.39 bits per heavy atom. The average molecular weight is 250 g/mol. The number of hydrogen-bond donors (Lipinski definition) is 2. The number of nitrogens with two attached hydrogens (primary N) is 1. The van der Waals surface area contributed by atoms with Crippen molar-refractivity contribution in [3.8, 4) is 0 Å². The van der Waals surface area contributed by atoms with Crippen LogP contribution in [-0.4, -0.2) is 25.6 Å². The number of benzene rings is 1. The summed E-state index contributed by atoms with van der Waals surface area (Å²) in [5.41, 5.74) is 7.89. The quantitative estimate of drug-likeness (QED) is 0.689. The molecule has 0 aliphatic rings. The monoisotopic (exact) mass is 250 g/mol. The van der Waals surface area contributed by atoms with Gasteiger partial charge in [-0.3, -0.25) is 4.79 Å². The molecule has 0 aliphatic heterocycles. The van der Waals surface area contributed by atoms with Crippen molar-refractivity contribution in [1.82, 2.24) is 5.32 Å². The van der Waals surface area contributed by atoms with Crippen LogP contribution in [0.1, 0.15) is 34.8 Å². The molecule has 0 aliphatic carbocycles. The molecular formula is C14H22N2O2. The maximum absolute atomic E-state index is 11.0. The van der Waals surface area contributed by atoms with E-state index in [9.17, 15) is 4.79 Å². The van der Waals surface area contributed by atoms with Crippen LogP contribution in [0.25, 0.3) is 0 Å². The number of aryl methyl sites for hydroxylation is 1. The van der Waals surface area contributed by atoms with Gasteiger partial charge in [-0.1, -0.05) is 13.0 Å². The van der Waals surface area contributed by atoms with Crippen molar-refractivity contribution in [2.24, 2.45) is 5.73 Å². The Morgan fingerprint density at radius 3 is 2.78 bits per heavy atom. The molecule has 0 heterocycles. The molecule has 0 radical (unpaired) electrons. The molecule has 100 valence electrons. The number of rotatable bonds is 8. The van der Waals surface area contributed by atoms with E-state index in [0.717, 1.165) is 30.6 Å². The smallest absolute Gasteiger partial charge is 0.248 e. The number of hydrogen-bond acceptors (Lipinski definition) is 3. The minimum absolute atomic E-state index is 0.394. The van der Waals surface area contributed by atoms with Crippen LogP contribution in [0, 0.1) is 6.92 Å². The Morgan fingerprint density at radius 2 is 2.17 bits per heavy atom. The first-order chi connectivity index (χ1) is 8.65. The minimum Gasteiger partial charge on any atom is -0.375 e. The number of carbonyl (C=O) groups is 1. The van der Waals surface area contributed by atoms with Gasteiger partial charge in [-0.05, 0) is 43.1 Å². The highest BCUT2D eigenvalue weighted by atomic mass is 16.5. The number of carbonyl (C=O) groups excluding carboxylic acids is 1. The van der Waals surface area contributed by atoms with Crippen LogP contribution in [-0.2, 0) is 11.3 Å². The predicted molar refractivity (Wildman–Crippen MR) is 72.5 cm³/mol. The topological polar surface area (TPSA) is 64.3 Å². The highest BCUT2D eigenvalue weighted by Crippen LogP contribution is 2.11. The Bertz CT molecular complexity index is 391. The summed E-state index contributed by atoms with van der Waals surface area (Å²) in [5, 5.41) is 3.27. The van der Waals surface area contributed by atoms with Crippen molar-refractivity contribution in [3.05, 3.63) is 34.9 Å². The van der Waals surface area contributed by atoms with Gasteiger partial charge in [0.05, 0.1) is 13.2 Å². The summed E-state index contributed by atoms with van der Waals surface area (Å²) in [6, 6.07) is 5.44. The van der Waals surface area contributed by atoms with E-state index >= 15 is 0 Å². The van der Waals surface area contributed by atoms with Gasteiger partial charge in [-0.25, -0.2) is 0 Å². The van der Waals surface area contributed by atoms with Crippen LogP contribution < -0.4 is 11.1 Å². The van der Waals surface area contributed by atoms with Gasteiger partial charge < -0.3 is 15.8 Å². The molecule has 4 heteroatoms. The normalized spacial score (nSPS) is 10.6. The fraction of sp³-hybridized carbons (Fsp3) is 0.500. The molecule has 18 heavy (non-hydrogen) atoms. The van der Waals surface area contributed by atoms with Gasteiger partial charge in [-0.2, -0.15) is 0 Å². The Kier molecular flexibility index (Phi) is 6.39. The number of nitrogens with one attached hydrogen (secondary N) is 1. The summed E-state index contributed by atoms with van der Waals surface area (Å²) in [6.07, 6.45) is 1.13. The van der Waals surface area contributed by atoms with Gasteiger partial charge in [0.2, 0.25) is 5.91 Å². The number of amides is 1. The molecule has 3 N–H and O–H groups in total. The fourth-order valence-corrected chi connectivity index (χ4v) is 1.64. The fourth-order valence-electron chi connectivity index (χ4n) is 1.64. The summed E-state index contributed by atoms with van der Waals surface area (Å²) in [5.74, 6) is -0.394. The van der Waals surface area contributed by atoms with E-state index < -0.39 is 5.91 Å². The van der Waals surface area contributed by atoms with Gasteiger partial charge in [0.1, 0.15) is 0 Å². The van der Waals surface area contributed by atoms with Crippen LogP contribution in [0.2, 0.25) is 0 Å². The molecule has 0 saturated carbocycles. The minimum atomic E-state index is -0.394. The third-order valence-electron chi connectivity index (χ3n) is 2.73. The Labute approximate surface area is 109 Å². The largest absolute Gasteiger partial charge is 0.375 e. The standard InChI is InChI=1S/C14H22N2O2/c1-3-6-16-7-8-18-10-13-5-4-12(14(15)17)9-11(13)2/h4-5,9,16H,3,6-8,10H2,1-2H3,(H2,15,17). The van der Waals surface area contributed by atoms with Crippen molar-refractivity contribution in [2.45, 2.75) is 26.9 Å². The lowest BCUT2D eigenvalue weighted by Crippen LogP contribution is -2.20. The molecule has 1 aromatic carbocycles. The van der Waals surface area contributed by atoms with Crippen LogP contribution in [0.3, 0.4) is 0 Å². The zero-order chi connectivity index (χ0) is 13.4. The maximum Gasteiger partial charge on any atom is 0.248 e. The molecule has 4 nitrogen and oxygen atoms in total. The number of ether oxygens (including phenoxy) is 1. The third kappa shape index (κ3) is 4.85. The number of primary amides is 1. The molecule has 1 rings (SSSR count). The first-order valence-corrected chi connectivity index (χ1v) is 6.33. The zero-order valence-corrected chi connectivity index (χ0v) is 11.2. The SMILES string of the molecule is CCCNCCOCc1ccc(C(N)=O)cc1C. The van der Waals surface area contributed by atoms with E-state index in [1.807, 2.05) is 13.0 Å². The van der Waals surface area contributed by atoms with E-state index in [2.05, 4.69) is 12.2 Å². The highest BCUT2D eigenvalue weighted by molar-refractivity contribution is 5.93. The van der Waals surface area contributed by atoms with Crippen molar-refractivity contribution in [2.75, 3.05) is 19.7 Å². The summed E-state index contributed by atoms with van der Waals surface area (Å²) >= 11 is 0. The maximum atomic E-state index is 11.0. The first-order valence-electron chi connectivity index (χ1n) is 6.33. The van der Waals surface area contributed by atoms with Crippen molar-refractivity contribution < 1.29 is 9.53 Å². The molecule has 1 aromatic rings. The molecule has 0 saturated heterocycles. The predicted octanol–water partition coefficient (Wildman–Crippen LogP) is 1.61. The van der Waals surface area contributed by atoms with Gasteiger partial charge in [0.15, 0.2) is 0 Å². The van der Waals surface area contributed by atoms with Crippen molar-refractivity contribution in [3.63, 3.8) is 0 Å². The third-order valence-corrected chi connectivity index (χ3v) is 2.73. The molecule has 0 unspecified atom stereocenters. The molecule has 0 spiro atoms.